The Morgan fingerprint density at radius 3 is 3.12 bits per heavy atom. The van der Waals surface area contributed by atoms with Gasteiger partial charge in [0, 0.05) is 31.4 Å². The molecule has 0 spiro atoms. The van der Waals surface area contributed by atoms with Gasteiger partial charge in [-0.3, -0.25) is 9.78 Å². The van der Waals surface area contributed by atoms with Crippen LogP contribution in [0.4, 0.5) is 4.39 Å². The highest BCUT2D eigenvalue weighted by molar-refractivity contribution is 5.94. The number of pyridine rings is 1. The largest absolute Gasteiger partial charge is 0.357 e. The number of carbonyl (C=O) groups is 1. The van der Waals surface area contributed by atoms with Crippen molar-refractivity contribution < 1.29 is 13.7 Å². The van der Waals surface area contributed by atoms with Crippen LogP contribution in [0, 0.1) is 12.7 Å². The lowest BCUT2D eigenvalue weighted by Crippen LogP contribution is -2.39. The van der Waals surface area contributed by atoms with Crippen LogP contribution in [0.25, 0.3) is 11.6 Å². The molecule has 7 nitrogen and oxygen atoms in total. The third-order valence-corrected chi connectivity index (χ3v) is 4.58. The number of hydrogen-bond donors (Lipinski definition) is 1. The van der Waals surface area contributed by atoms with Crippen molar-refractivity contribution in [1.29, 1.82) is 0 Å². The summed E-state index contributed by atoms with van der Waals surface area (Å²) in [5.41, 5.74) is 1.88. The molecule has 26 heavy (non-hydrogen) atoms. The molecule has 1 fully saturated rings. The van der Waals surface area contributed by atoms with E-state index in [9.17, 15) is 9.18 Å². The van der Waals surface area contributed by atoms with E-state index in [1.165, 1.54) is 12.3 Å². The molecule has 1 aliphatic rings. The molecule has 3 aromatic heterocycles. The number of rotatable bonds is 3. The second kappa shape index (κ2) is 6.70. The first-order valence-corrected chi connectivity index (χ1v) is 8.49. The van der Waals surface area contributed by atoms with Gasteiger partial charge in [0.2, 0.25) is 0 Å². The Balaban J connectivity index is 1.51. The van der Waals surface area contributed by atoms with Gasteiger partial charge in [-0.05, 0) is 37.5 Å². The summed E-state index contributed by atoms with van der Waals surface area (Å²) >= 11 is 0. The average Bonchev–Trinajstić information content (AvgIpc) is 3.31. The Morgan fingerprint density at radius 2 is 2.35 bits per heavy atom. The molecule has 134 valence electrons. The molecule has 1 atom stereocenters. The molecular weight excluding hydrogens is 337 g/mol. The van der Waals surface area contributed by atoms with Gasteiger partial charge in [-0.2, -0.15) is 4.98 Å². The Hall–Kier alpha value is -3.03. The number of aromatic nitrogens is 4. The summed E-state index contributed by atoms with van der Waals surface area (Å²) < 4.78 is 19.2. The first-order chi connectivity index (χ1) is 12.6. The van der Waals surface area contributed by atoms with Crippen LogP contribution in [0.5, 0.6) is 0 Å². The maximum absolute atomic E-state index is 13.9. The number of halogens is 1. The van der Waals surface area contributed by atoms with Gasteiger partial charge in [-0.25, -0.2) is 4.39 Å². The number of likely N-dealkylation sites (tertiary alicyclic amines) is 1. The Labute approximate surface area is 149 Å². The van der Waals surface area contributed by atoms with E-state index in [0.717, 1.165) is 30.3 Å². The maximum Gasteiger partial charge on any atom is 0.274 e. The predicted octanol–water partition coefficient (Wildman–Crippen LogP) is 2.93. The lowest BCUT2D eigenvalue weighted by Gasteiger charge is -2.31. The van der Waals surface area contributed by atoms with Crippen molar-refractivity contribution in [3.63, 3.8) is 0 Å². The van der Waals surface area contributed by atoms with Crippen molar-refractivity contribution >= 4 is 5.91 Å². The standard InChI is InChI=1S/C18H18FN5O2/c1-11-7-15(21-8-11)17-22-16(23-26-17)12-3-2-6-24(10-12)18(25)13-4-5-20-9-14(13)19/h4-5,7-9,12,21H,2-3,6,10H2,1H3. The molecule has 1 N–H and O–H groups in total. The smallest absolute Gasteiger partial charge is 0.274 e. The van der Waals surface area contributed by atoms with Gasteiger partial charge in [-0.15, -0.1) is 0 Å². The third-order valence-electron chi connectivity index (χ3n) is 4.58. The van der Waals surface area contributed by atoms with Crippen molar-refractivity contribution in [3.05, 3.63) is 53.5 Å². The highest BCUT2D eigenvalue weighted by Crippen LogP contribution is 2.28. The molecule has 1 unspecified atom stereocenters. The van der Waals surface area contributed by atoms with Crippen molar-refractivity contribution in [1.82, 2.24) is 25.0 Å². The minimum absolute atomic E-state index is 0.0360. The van der Waals surface area contributed by atoms with E-state index in [1.807, 2.05) is 19.2 Å². The SMILES string of the molecule is Cc1c[nH]c(-c2nc(C3CCCN(C(=O)c4ccncc4F)C3)no2)c1. The van der Waals surface area contributed by atoms with E-state index in [0.29, 0.717) is 24.8 Å². The van der Waals surface area contributed by atoms with Crippen LogP contribution in [0.1, 0.15) is 40.5 Å². The summed E-state index contributed by atoms with van der Waals surface area (Å²) in [7, 11) is 0. The molecule has 4 rings (SSSR count). The van der Waals surface area contributed by atoms with Gasteiger partial charge < -0.3 is 14.4 Å². The first kappa shape index (κ1) is 16.4. The topological polar surface area (TPSA) is 87.9 Å². The van der Waals surface area contributed by atoms with Crippen LogP contribution >= 0.6 is 0 Å². The number of nitrogens with one attached hydrogen (secondary N) is 1. The highest BCUT2D eigenvalue weighted by atomic mass is 19.1. The van der Waals surface area contributed by atoms with Gasteiger partial charge in [0.15, 0.2) is 11.6 Å². The van der Waals surface area contributed by atoms with Gasteiger partial charge in [-0.1, -0.05) is 5.16 Å². The average molecular weight is 355 g/mol. The fourth-order valence-corrected chi connectivity index (χ4v) is 3.23. The third kappa shape index (κ3) is 3.10. The normalized spacial score (nSPS) is 17.5. The number of amides is 1. The summed E-state index contributed by atoms with van der Waals surface area (Å²) in [5, 5.41) is 4.08. The summed E-state index contributed by atoms with van der Waals surface area (Å²) in [6.07, 6.45) is 5.99. The Bertz CT molecular complexity index is 935. The molecule has 1 aliphatic heterocycles. The van der Waals surface area contributed by atoms with Crippen molar-refractivity contribution in [2.75, 3.05) is 13.1 Å². The Morgan fingerprint density at radius 1 is 1.46 bits per heavy atom. The zero-order valence-corrected chi connectivity index (χ0v) is 14.3. The van der Waals surface area contributed by atoms with Gasteiger partial charge >= 0.3 is 0 Å². The number of piperidine rings is 1. The maximum atomic E-state index is 13.9. The molecule has 0 aliphatic carbocycles. The number of carbonyl (C=O) groups excluding carboxylic acids is 1. The number of nitrogens with zero attached hydrogens (tertiary/aromatic N) is 4. The number of aromatic amines is 1. The molecule has 4 heterocycles. The van der Waals surface area contributed by atoms with Crippen LogP contribution in [0.15, 0.2) is 35.2 Å². The summed E-state index contributed by atoms with van der Waals surface area (Å²) in [6.45, 7) is 2.99. The van der Waals surface area contributed by atoms with Gasteiger partial charge in [0.1, 0.15) is 5.69 Å². The fourth-order valence-electron chi connectivity index (χ4n) is 3.23. The second-order valence-corrected chi connectivity index (χ2v) is 6.49. The lowest BCUT2D eigenvalue weighted by atomic mass is 9.96. The van der Waals surface area contributed by atoms with E-state index >= 15 is 0 Å². The summed E-state index contributed by atoms with van der Waals surface area (Å²) in [5.74, 6) is 0.0183. The second-order valence-electron chi connectivity index (χ2n) is 6.49. The van der Waals surface area contributed by atoms with Crippen LogP contribution in [-0.2, 0) is 0 Å². The van der Waals surface area contributed by atoms with Gasteiger partial charge in [0.05, 0.1) is 11.8 Å². The molecular formula is C18H18FN5O2. The molecule has 3 aromatic rings. The van der Waals surface area contributed by atoms with Crippen LogP contribution in [0.3, 0.4) is 0 Å². The summed E-state index contributed by atoms with van der Waals surface area (Å²) in [4.78, 5) is 25.5. The predicted molar refractivity (Wildman–Crippen MR) is 90.9 cm³/mol. The molecule has 0 bridgehead atoms. The van der Waals surface area contributed by atoms with Crippen LogP contribution < -0.4 is 0 Å². The first-order valence-electron chi connectivity index (χ1n) is 8.49. The summed E-state index contributed by atoms with van der Waals surface area (Å²) in [6, 6.07) is 3.33. The van der Waals surface area contributed by atoms with Crippen molar-refractivity contribution in [3.8, 4) is 11.6 Å². The van der Waals surface area contributed by atoms with E-state index in [1.54, 1.807) is 4.90 Å². The Kier molecular flexibility index (Phi) is 4.24. The quantitative estimate of drug-likeness (QED) is 0.780. The van der Waals surface area contributed by atoms with Crippen LogP contribution in [-0.4, -0.2) is 44.0 Å². The molecule has 1 saturated heterocycles. The van der Waals surface area contributed by atoms with Crippen LogP contribution in [0.2, 0.25) is 0 Å². The lowest BCUT2D eigenvalue weighted by molar-refractivity contribution is 0.0698. The molecule has 0 aromatic carbocycles. The molecule has 8 heteroatoms. The molecule has 1 amide bonds. The van der Waals surface area contributed by atoms with E-state index in [2.05, 4.69) is 20.1 Å². The minimum atomic E-state index is -0.608. The monoisotopic (exact) mass is 355 g/mol. The van der Waals surface area contributed by atoms with Crippen molar-refractivity contribution in [2.45, 2.75) is 25.7 Å². The fraction of sp³-hybridized carbons (Fsp3) is 0.333. The zero-order valence-electron chi connectivity index (χ0n) is 14.3. The van der Waals surface area contributed by atoms with Crippen molar-refractivity contribution in [2.24, 2.45) is 0 Å². The zero-order chi connectivity index (χ0) is 18.1. The minimum Gasteiger partial charge on any atom is -0.357 e. The van der Waals surface area contributed by atoms with E-state index < -0.39 is 5.82 Å². The molecule has 0 saturated carbocycles. The highest BCUT2D eigenvalue weighted by Gasteiger charge is 2.29. The number of aryl methyl sites for hydroxylation is 1. The van der Waals surface area contributed by atoms with E-state index in [4.69, 9.17) is 4.52 Å². The van der Waals surface area contributed by atoms with E-state index in [-0.39, 0.29) is 17.4 Å². The number of H-pyrrole nitrogens is 1. The number of hydrogen-bond acceptors (Lipinski definition) is 5. The van der Waals surface area contributed by atoms with Gasteiger partial charge in [0.25, 0.3) is 11.8 Å². The molecule has 0 radical (unpaired) electrons.